The molecule has 0 unspecified atom stereocenters. The second-order valence-electron chi connectivity index (χ2n) is 12.5. The molecule has 5 rings (SSSR count). The maximum absolute atomic E-state index is 9.24. The molecule has 1 aliphatic heterocycles. The van der Waals surface area contributed by atoms with Crippen molar-refractivity contribution < 1.29 is 21.2 Å². The van der Waals surface area contributed by atoms with Gasteiger partial charge in [-0.15, -0.1) is 0 Å². The Kier molecular flexibility index (Phi) is 7.61. The Morgan fingerprint density at radius 1 is 1.15 bits per heavy atom. The van der Waals surface area contributed by atoms with E-state index in [9.17, 15) is 5.26 Å². The molecule has 4 aliphatic carbocycles. The van der Waals surface area contributed by atoms with Crippen LogP contribution in [0.3, 0.4) is 0 Å². The van der Waals surface area contributed by atoms with Gasteiger partial charge in [0.1, 0.15) is 0 Å². The molecule has 2 nitrogen and oxygen atoms in total. The van der Waals surface area contributed by atoms with Gasteiger partial charge in [0.2, 0.25) is 0 Å². The van der Waals surface area contributed by atoms with Crippen LogP contribution in [0.15, 0.2) is 12.9 Å². The maximum atomic E-state index is 9.24. The summed E-state index contributed by atoms with van der Waals surface area (Å²) in [7, 11) is 0. The summed E-state index contributed by atoms with van der Waals surface area (Å²) in [4.78, 5) is 2.49. The van der Waals surface area contributed by atoms with Crippen LogP contribution in [0.2, 0.25) is 0 Å². The third kappa shape index (κ3) is 4.42. The third-order valence-corrected chi connectivity index (χ3v) is 20.9. The molecule has 9 atom stereocenters. The molecule has 1 heterocycles. The fraction of sp³-hybridized carbons (Fsp3) is 0.857. The van der Waals surface area contributed by atoms with Gasteiger partial charge in [-0.25, -0.2) is 0 Å². The van der Waals surface area contributed by atoms with Gasteiger partial charge in [-0.1, -0.05) is 0 Å². The first-order valence-corrected chi connectivity index (χ1v) is 21.7. The summed E-state index contributed by atoms with van der Waals surface area (Å²) in [6.45, 7) is 7.91. The molecule has 5 heteroatoms. The van der Waals surface area contributed by atoms with Crippen LogP contribution in [0.25, 0.3) is 0 Å². The van der Waals surface area contributed by atoms with Crippen LogP contribution in [-0.4, -0.2) is 23.4 Å². The van der Waals surface area contributed by atoms with Gasteiger partial charge in [0.15, 0.2) is 0 Å². The van der Waals surface area contributed by atoms with Crippen LogP contribution in [0, 0.1) is 57.7 Å². The minimum atomic E-state index is -1.47. The Bertz CT molecular complexity index is 864. The quantitative estimate of drug-likeness (QED) is 0.283. The second-order valence-corrected chi connectivity index (χ2v) is 21.2. The predicted molar refractivity (Wildman–Crippen MR) is 153 cm³/mol. The summed E-state index contributed by atoms with van der Waals surface area (Å²) in [6.07, 6.45) is 15.4. The number of allylic oxidation sites excluding steroid dienone is 1. The number of nitriles is 1. The minimum absolute atomic E-state index is 0.417. The molecule has 5 aliphatic rings. The van der Waals surface area contributed by atoms with E-state index in [0.717, 1.165) is 41.1 Å². The van der Waals surface area contributed by atoms with Gasteiger partial charge in [-0.2, -0.15) is 0 Å². The summed E-state index contributed by atoms with van der Waals surface area (Å²) < 4.78 is 10.5. The van der Waals surface area contributed by atoms with Crippen molar-refractivity contribution in [2.75, 3.05) is 13.8 Å². The predicted octanol–water partition coefficient (Wildman–Crippen LogP) is 5.09. The van der Waals surface area contributed by atoms with E-state index in [1.54, 1.807) is 4.43 Å². The van der Waals surface area contributed by atoms with E-state index in [4.69, 9.17) is 3.21 Å². The summed E-state index contributed by atoms with van der Waals surface area (Å²) >= 11 is 1.84. The van der Waals surface area contributed by atoms with E-state index >= 15 is 0 Å². The van der Waals surface area contributed by atoms with Gasteiger partial charge in [-0.05, 0) is 0 Å². The average Bonchev–Trinajstić information content (AvgIpc) is 3.35. The molecule has 33 heavy (non-hydrogen) atoms. The Morgan fingerprint density at radius 3 is 2.67 bits per heavy atom. The molecule has 186 valence electrons. The van der Waals surface area contributed by atoms with Crippen molar-refractivity contribution in [1.82, 2.24) is 0 Å². The van der Waals surface area contributed by atoms with E-state index in [2.05, 4.69) is 58.4 Å². The Balaban J connectivity index is 1.30. The fourth-order valence-corrected chi connectivity index (χ4v) is 18.8. The summed E-state index contributed by atoms with van der Waals surface area (Å²) in [5.74, 6) is 5.81. The normalized spacial score (nSPS) is 48.5. The zero-order valence-corrected chi connectivity index (χ0v) is 27.4. The number of fused-ring (bicyclic) bond motifs is 5. The number of hydrogen-bond acceptors (Lipinski definition) is 2. The van der Waals surface area contributed by atoms with Gasteiger partial charge in [0.05, 0.1) is 0 Å². The molecule has 0 aromatic rings. The monoisotopic (exact) mass is 787 g/mol. The molecule has 0 N–H and O–H groups in total. The molecule has 4 fully saturated rings. The van der Waals surface area contributed by atoms with Gasteiger partial charge < -0.3 is 0 Å². The standard InChI is InChI=1S/C28H42I3N2/c1-19(14-31-15-20(16-32)17-33-31)26(2)11-9-25-24-6-5-21-13-28(29,18-30-4)12-8-22(21)23(24)7-10-27(25,26)3/h15,17,19,21-25H,5-14,18H2,1-4H3/q-1/t19-,21+,22-,23+,24+,25-,26+,27-,28+/m0/s1. The number of hydrogen-bond donors (Lipinski definition) is 0. The van der Waals surface area contributed by atoms with Crippen LogP contribution in [0.5, 0.6) is 0 Å². The van der Waals surface area contributed by atoms with Crippen LogP contribution in [0.4, 0.5) is 0 Å². The van der Waals surface area contributed by atoms with E-state index < -0.39 is 20.1 Å². The molecule has 4 saturated carbocycles. The van der Waals surface area contributed by atoms with E-state index in [1.165, 1.54) is 62.2 Å². The van der Waals surface area contributed by atoms with Crippen molar-refractivity contribution in [3.63, 3.8) is 0 Å². The van der Waals surface area contributed by atoms with Crippen LogP contribution < -0.4 is 21.2 Å². The fourth-order valence-electron chi connectivity index (χ4n) is 9.26. The summed E-state index contributed by atoms with van der Waals surface area (Å²) in [5.41, 5.74) is 1.79. The summed E-state index contributed by atoms with van der Waals surface area (Å²) in [6, 6.07) is 2.32. The van der Waals surface area contributed by atoms with Gasteiger partial charge in [-0.3, -0.25) is 0 Å². The second kappa shape index (κ2) is 9.76. The average molecular weight is 787 g/mol. The first-order chi connectivity index (χ1) is 15.7. The Labute approximate surface area is 234 Å². The van der Waals surface area contributed by atoms with Crippen molar-refractivity contribution in [3.8, 4) is 6.07 Å². The molecular weight excluding hydrogens is 745 g/mol. The number of halogens is 3. The first-order valence-electron chi connectivity index (χ1n) is 13.2. The molecular formula is C28H42I3N2-. The molecule has 0 aromatic carbocycles. The van der Waals surface area contributed by atoms with Gasteiger partial charge in [0, 0.05) is 0 Å². The molecule has 0 amide bonds. The Morgan fingerprint density at radius 2 is 1.94 bits per heavy atom. The van der Waals surface area contributed by atoms with E-state index in [-0.39, 0.29) is 0 Å². The molecule has 0 spiro atoms. The SMILES string of the molecule is C[I-]C[C@@]1(I)CC[C@H]2[C@H](CC[C@@H]3[C@@H]2CC[C@@]2(C)[C@H]3CC[C@]2(C)[C@@H](C)CI2C=C(C#N)C=N2)C1. The number of nitrogens with zero attached hydrogens (tertiary/aromatic N) is 2. The van der Waals surface area contributed by atoms with Gasteiger partial charge in [0.25, 0.3) is 0 Å². The van der Waals surface area contributed by atoms with Crippen LogP contribution >= 0.6 is 42.7 Å². The first kappa shape index (κ1) is 25.7. The zero-order chi connectivity index (χ0) is 23.4. The van der Waals surface area contributed by atoms with Crippen molar-refractivity contribution in [1.29, 1.82) is 5.26 Å². The van der Waals surface area contributed by atoms with E-state index in [0.29, 0.717) is 35.5 Å². The van der Waals surface area contributed by atoms with E-state index in [1.807, 2.05) is 6.21 Å². The molecule has 0 aromatic heterocycles. The molecule has 0 saturated heterocycles. The van der Waals surface area contributed by atoms with Crippen LogP contribution in [-0.2, 0) is 0 Å². The third-order valence-electron chi connectivity index (χ3n) is 11.3. The zero-order valence-electron chi connectivity index (χ0n) is 20.9. The molecule has 0 radical (unpaired) electrons. The van der Waals surface area contributed by atoms with Crippen molar-refractivity contribution >= 4 is 48.9 Å². The molecule has 0 bridgehead atoms. The van der Waals surface area contributed by atoms with Gasteiger partial charge >= 0.3 is 236 Å². The number of rotatable bonds is 5. The van der Waals surface area contributed by atoms with Crippen molar-refractivity contribution in [2.24, 2.45) is 49.5 Å². The van der Waals surface area contributed by atoms with Crippen LogP contribution in [0.1, 0.15) is 78.6 Å². The van der Waals surface area contributed by atoms with Crippen molar-refractivity contribution in [2.45, 2.75) is 82.0 Å². The Hall–Kier alpha value is 1.09. The number of alkyl halides is 4. The summed E-state index contributed by atoms with van der Waals surface area (Å²) in [5, 5.41) is 9.24. The van der Waals surface area contributed by atoms with Crippen molar-refractivity contribution in [3.05, 3.63) is 9.66 Å². The topological polar surface area (TPSA) is 36.1 Å².